The van der Waals surface area contributed by atoms with E-state index in [4.69, 9.17) is 10.8 Å². The van der Waals surface area contributed by atoms with Crippen molar-refractivity contribution in [3.63, 3.8) is 0 Å². The molecule has 25 heavy (non-hydrogen) atoms. The summed E-state index contributed by atoms with van der Waals surface area (Å²) in [5.74, 6) is 0.215. The first-order valence-electron chi connectivity index (χ1n) is 7.58. The van der Waals surface area contributed by atoms with Gasteiger partial charge in [-0.25, -0.2) is 9.97 Å². The van der Waals surface area contributed by atoms with Crippen molar-refractivity contribution in [1.82, 2.24) is 19.7 Å². The second-order valence-corrected chi connectivity index (χ2v) is 6.41. The van der Waals surface area contributed by atoms with Crippen LogP contribution in [0.2, 0.25) is 0 Å². The summed E-state index contributed by atoms with van der Waals surface area (Å²) in [4.78, 5) is 13.0. The number of nitrogens with one attached hydrogen (secondary N) is 1. The van der Waals surface area contributed by atoms with Gasteiger partial charge < -0.3 is 15.4 Å². The standard InChI is InChI=1S/C17H17N5O2S/c18-17-20-10-13(11-21-17)15-6-5-12(9-19-15)14-3-1-2-4-16(14)25(24)22-7-8-23/h1-6,9-11,22-23H,7-8H2,(H2,18,20,21). The van der Waals surface area contributed by atoms with Crippen molar-refractivity contribution in [3.8, 4) is 22.4 Å². The van der Waals surface area contributed by atoms with E-state index in [1.165, 1.54) is 0 Å². The van der Waals surface area contributed by atoms with Crippen molar-refractivity contribution < 1.29 is 9.66 Å². The van der Waals surface area contributed by atoms with E-state index in [2.05, 4.69) is 19.7 Å². The number of aromatic nitrogens is 3. The molecule has 0 aliphatic rings. The fourth-order valence-corrected chi connectivity index (χ4v) is 3.30. The molecule has 1 aromatic carbocycles. The third kappa shape index (κ3) is 4.12. The topological polar surface area (TPSA) is 120 Å². The van der Waals surface area contributed by atoms with Gasteiger partial charge in [0.15, 0.2) is 4.90 Å². The second-order valence-electron chi connectivity index (χ2n) is 5.14. The highest BCUT2D eigenvalue weighted by Gasteiger charge is 2.17. The molecular weight excluding hydrogens is 338 g/mol. The molecule has 0 bridgehead atoms. The number of nitrogens with two attached hydrogens (primary N) is 1. The summed E-state index contributed by atoms with van der Waals surface area (Å²) in [5.41, 5.74) is 8.64. The van der Waals surface area contributed by atoms with Crippen LogP contribution in [-0.4, -0.2) is 37.8 Å². The highest BCUT2D eigenvalue weighted by atomic mass is 32.2. The molecule has 8 heteroatoms. The predicted octanol–water partition coefficient (Wildman–Crippen LogP) is 1.39. The second kappa shape index (κ2) is 8.04. The van der Waals surface area contributed by atoms with Crippen molar-refractivity contribution in [1.29, 1.82) is 0 Å². The maximum absolute atomic E-state index is 12.4. The quantitative estimate of drug-likeness (QED) is 0.572. The molecule has 0 saturated carbocycles. The Morgan fingerprint density at radius 1 is 1.00 bits per heavy atom. The molecule has 7 nitrogen and oxygen atoms in total. The molecule has 0 aliphatic carbocycles. The van der Waals surface area contributed by atoms with Crippen molar-refractivity contribution in [2.24, 2.45) is 0 Å². The maximum Gasteiger partial charge on any atom is 0.219 e. The van der Waals surface area contributed by atoms with Gasteiger partial charge in [-0.05, 0) is 18.2 Å². The van der Waals surface area contributed by atoms with Gasteiger partial charge in [0, 0.05) is 35.3 Å². The van der Waals surface area contributed by atoms with E-state index >= 15 is 0 Å². The minimum atomic E-state index is -1.41. The fraction of sp³-hybridized carbons (Fsp3) is 0.118. The fourth-order valence-electron chi connectivity index (χ4n) is 2.28. The van der Waals surface area contributed by atoms with Crippen LogP contribution < -0.4 is 10.5 Å². The van der Waals surface area contributed by atoms with E-state index in [1.807, 2.05) is 30.3 Å². The summed E-state index contributed by atoms with van der Waals surface area (Å²) < 4.78 is 15.1. The Morgan fingerprint density at radius 2 is 1.72 bits per heavy atom. The number of hydrogen-bond donors (Lipinski definition) is 3. The number of hydrogen-bond acceptors (Lipinski definition) is 7. The van der Waals surface area contributed by atoms with Crippen molar-refractivity contribution in [3.05, 3.63) is 55.0 Å². The minimum absolute atomic E-state index is 0.0756. The number of aliphatic hydroxyl groups is 1. The van der Waals surface area contributed by atoms with E-state index in [-0.39, 0.29) is 19.1 Å². The van der Waals surface area contributed by atoms with Crippen LogP contribution in [0.15, 0.2) is 59.9 Å². The Kier molecular flexibility index (Phi) is 5.56. The molecule has 128 valence electrons. The van der Waals surface area contributed by atoms with Crippen molar-refractivity contribution in [2.75, 3.05) is 18.9 Å². The summed E-state index contributed by atoms with van der Waals surface area (Å²) in [6.45, 7) is 0.184. The van der Waals surface area contributed by atoms with Crippen molar-refractivity contribution in [2.45, 2.75) is 4.90 Å². The highest BCUT2D eigenvalue weighted by Crippen LogP contribution is 2.28. The molecule has 0 spiro atoms. The van der Waals surface area contributed by atoms with Gasteiger partial charge in [-0.2, -0.15) is 0 Å². The summed E-state index contributed by atoms with van der Waals surface area (Å²) in [7, 11) is 0. The molecule has 3 aromatic rings. The lowest BCUT2D eigenvalue weighted by molar-refractivity contribution is 0.301. The largest absolute Gasteiger partial charge is 0.593 e. The van der Waals surface area contributed by atoms with E-state index in [0.717, 1.165) is 22.4 Å². The Morgan fingerprint density at radius 3 is 2.40 bits per heavy atom. The van der Waals surface area contributed by atoms with Crippen LogP contribution in [0.4, 0.5) is 5.95 Å². The van der Waals surface area contributed by atoms with E-state index in [0.29, 0.717) is 4.90 Å². The van der Waals surface area contributed by atoms with Crippen LogP contribution in [0, 0.1) is 0 Å². The molecule has 0 saturated heterocycles. The maximum atomic E-state index is 12.4. The summed E-state index contributed by atoms with van der Waals surface area (Å²) in [6.07, 6.45) is 4.95. The monoisotopic (exact) mass is 355 g/mol. The zero-order valence-electron chi connectivity index (χ0n) is 13.3. The molecule has 0 amide bonds. The molecule has 1 unspecified atom stereocenters. The number of nitrogen functional groups attached to an aromatic ring is 1. The molecule has 0 radical (unpaired) electrons. The Hall–Kier alpha value is -2.52. The minimum Gasteiger partial charge on any atom is -0.593 e. The molecule has 4 N–H and O–H groups in total. The number of rotatable bonds is 6. The van der Waals surface area contributed by atoms with Crippen LogP contribution in [-0.2, 0) is 11.4 Å². The SMILES string of the molecule is Nc1ncc(-c2ccc(-c3ccccc3[S+]([O-])NCCO)cn2)cn1. The number of aliphatic hydroxyl groups excluding tert-OH is 1. The molecule has 3 rings (SSSR count). The third-order valence-electron chi connectivity index (χ3n) is 3.47. The zero-order chi connectivity index (χ0) is 17.6. The summed E-state index contributed by atoms with van der Waals surface area (Å²) in [6, 6.07) is 11.1. The highest BCUT2D eigenvalue weighted by molar-refractivity contribution is 7.89. The number of anilines is 1. The lowest BCUT2D eigenvalue weighted by atomic mass is 10.1. The molecule has 2 aromatic heterocycles. The average molecular weight is 355 g/mol. The lowest BCUT2D eigenvalue weighted by Crippen LogP contribution is -2.27. The van der Waals surface area contributed by atoms with Crippen LogP contribution >= 0.6 is 0 Å². The van der Waals surface area contributed by atoms with Crippen LogP contribution in [0.25, 0.3) is 22.4 Å². The van der Waals surface area contributed by atoms with Crippen LogP contribution in [0.1, 0.15) is 0 Å². The van der Waals surface area contributed by atoms with Gasteiger partial charge >= 0.3 is 0 Å². The first kappa shape index (κ1) is 17.3. The third-order valence-corrected chi connectivity index (χ3v) is 4.70. The Labute approximate surface area is 148 Å². The van der Waals surface area contributed by atoms with Gasteiger partial charge in [0.1, 0.15) is 0 Å². The van der Waals surface area contributed by atoms with E-state index in [1.54, 1.807) is 24.7 Å². The average Bonchev–Trinajstić information content (AvgIpc) is 2.67. The van der Waals surface area contributed by atoms with Crippen LogP contribution in [0.5, 0.6) is 0 Å². The van der Waals surface area contributed by atoms with E-state index < -0.39 is 11.4 Å². The van der Waals surface area contributed by atoms with Gasteiger partial charge in [-0.3, -0.25) is 4.98 Å². The number of benzene rings is 1. The van der Waals surface area contributed by atoms with Crippen molar-refractivity contribution >= 4 is 17.3 Å². The molecule has 2 heterocycles. The normalized spacial score (nSPS) is 12.1. The van der Waals surface area contributed by atoms with Gasteiger partial charge in [0.25, 0.3) is 0 Å². The molecular formula is C17H17N5O2S. The zero-order valence-corrected chi connectivity index (χ0v) is 14.1. The predicted molar refractivity (Wildman–Crippen MR) is 96.6 cm³/mol. The first-order valence-corrected chi connectivity index (χ1v) is 8.73. The molecule has 0 fully saturated rings. The molecule has 1 atom stereocenters. The van der Waals surface area contributed by atoms with Gasteiger partial charge in [-0.15, -0.1) is 4.72 Å². The van der Waals surface area contributed by atoms with E-state index in [9.17, 15) is 4.55 Å². The van der Waals surface area contributed by atoms with Gasteiger partial charge in [-0.1, -0.05) is 18.2 Å². The smallest absolute Gasteiger partial charge is 0.219 e. The number of pyridine rings is 1. The number of nitrogens with zero attached hydrogens (tertiary/aromatic N) is 3. The molecule has 0 aliphatic heterocycles. The Bertz CT molecular complexity index is 827. The Balaban J connectivity index is 1.89. The van der Waals surface area contributed by atoms with Gasteiger partial charge in [0.05, 0.1) is 30.2 Å². The summed E-state index contributed by atoms with van der Waals surface area (Å²) >= 11 is -1.41. The van der Waals surface area contributed by atoms with Crippen LogP contribution in [0.3, 0.4) is 0 Å². The first-order chi connectivity index (χ1) is 12.2. The summed E-state index contributed by atoms with van der Waals surface area (Å²) in [5, 5.41) is 8.88. The lowest BCUT2D eigenvalue weighted by Gasteiger charge is -2.13. The van der Waals surface area contributed by atoms with Gasteiger partial charge in [0.2, 0.25) is 5.95 Å².